The van der Waals surface area contributed by atoms with E-state index in [0.29, 0.717) is 19.1 Å². The van der Waals surface area contributed by atoms with Crippen LogP contribution in [-0.4, -0.2) is 66.8 Å². The first-order valence-electron chi connectivity index (χ1n) is 6.19. The maximum atomic E-state index is 12.2. The summed E-state index contributed by atoms with van der Waals surface area (Å²) in [4.78, 5) is 25.9. The Morgan fingerprint density at radius 2 is 2.06 bits per heavy atom. The van der Waals surface area contributed by atoms with Crippen LogP contribution in [0, 0.1) is 5.92 Å². The highest BCUT2D eigenvalue weighted by Crippen LogP contribution is 2.34. The van der Waals surface area contributed by atoms with Gasteiger partial charge in [0.05, 0.1) is 6.61 Å². The van der Waals surface area contributed by atoms with Gasteiger partial charge in [-0.1, -0.05) is 0 Å². The number of aliphatic carboxylic acids is 1. The molecule has 1 saturated carbocycles. The summed E-state index contributed by atoms with van der Waals surface area (Å²) < 4.78 is 4.90. The highest BCUT2D eigenvalue weighted by Gasteiger charge is 2.34. The molecule has 1 fully saturated rings. The fraction of sp³-hybridized carbons (Fsp3) is 0.833. The normalized spacial score (nSPS) is 16.2. The third kappa shape index (κ3) is 4.18. The van der Waals surface area contributed by atoms with Gasteiger partial charge >= 0.3 is 12.0 Å². The molecule has 1 N–H and O–H groups in total. The molecule has 2 amide bonds. The molecule has 0 spiro atoms. The molecule has 104 valence electrons. The Morgan fingerprint density at radius 3 is 2.50 bits per heavy atom. The second kappa shape index (κ2) is 6.58. The van der Waals surface area contributed by atoms with Crippen molar-refractivity contribution in [3.05, 3.63) is 0 Å². The van der Waals surface area contributed by atoms with Crippen LogP contribution < -0.4 is 0 Å². The summed E-state index contributed by atoms with van der Waals surface area (Å²) in [6, 6.07) is -0.0785. The largest absolute Gasteiger partial charge is 0.480 e. The Balaban J connectivity index is 2.57. The molecule has 1 rings (SSSR count). The van der Waals surface area contributed by atoms with Gasteiger partial charge in [-0.15, -0.1) is 0 Å². The number of amides is 2. The molecular weight excluding hydrogens is 236 g/mol. The fourth-order valence-electron chi connectivity index (χ4n) is 1.90. The van der Waals surface area contributed by atoms with Crippen molar-refractivity contribution in [2.75, 3.05) is 33.9 Å². The van der Waals surface area contributed by atoms with Gasteiger partial charge in [0.25, 0.3) is 0 Å². The van der Waals surface area contributed by atoms with E-state index in [0.717, 1.165) is 12.8 Å². The van der Waals surface area contributed by atoms with E-state index < -0.39 is 5.97 Å². The first-order chi connectivity index (χ1) is 8.47. The number of ether oxygens (including phenoxy) is 1. The molecule has 6 heteroatoms. The number of hydrogen-bond acceptors (Lipinski definition) is 3. The standard InChI is InChI=1S/C12H22N2O4/c1-9(10-4-5-10)13(2)12(17)14(6-7-18-3)8-11(15)16/h9-10H,4-8H2,1-3H3,(H,15,16). The molecule has 6 nitrogen and oxygen atoms in total. The van der Waals surface area contributed by atoms with Crippen LogP contribution in [-0.2, 0) is 9.53 Å². The Morgan fingerprint density at radius 1 is 1.44 bits per heavy atom. The zero-order valence-corrected chi connectivity index (χ0v) is 11.3. The maximum absolute atomic E-state index is 12.2. The van der Waals surface area contributed by atoms with E-state index in [4.69, 9.17) is 9.84 Å². The number of hydrogen-bond donors (Lipinski definition) is 1. The number of rotatable bonds is 7. The minimum absolute atomic E-state index is 0.163. The highest BCUT2D eigenvalue weighted by atomic mass is 16.5. The second-order valence-corrected chi connectivity index (χ2v) is 4.78. The highest BCUT2D eigenvalue weighted by molar-refractivity contribution is 5.80. The van der Waals surface area contributed by atoms with Gasteiger partial charge in [-0.25, -0.2) is 4.79 Å². The van der Waals surface area contributed by atoms with Crippen molar-refractivity contribution in [3.8, 4) is 0 Å². The Kier molecular flexibility index (Phi) is 5.40. The van der Waals surface area contributed by atoms with Crippen molar-refractivity contribution in [1.29, 1.82) is 0 Å². The topological polar surface area (TPSA) is 70.1 Å². The minimum Gasteiger partial charge on any atom is -0.480 e. The molecule has 0 aromatic rings. The van der Waals surface area contributed by atoms with Crippen LogP contribution >= 0.6 is 0 Å². The van der Waals surface area contributed by atoms with Gasteiger partial charge in [0.1, 0.15) is 6.54 Å². The lowest BCUT2D eigenvalue weighted by molar-refractivity contribution is -0.137. The predicted octanol–water partition coefficient (Wildman–Crippen LogP) is 0.870. The first-order valence-corrected chi connectivity index (χ1v) is 6.19. The maximum Gasteiger partial charge on any atom is 0.323 e. The molecular formula is C12H22N2O4. The third-order valence-corrected chi connectivity index (χ3v) is 3.38. The molecule has 1 unspecified atom stereocenters. The average Bonchev–Trinajstić information content (AvgIpc) is 3.15. The SMILES string of the molecule is COCCN(CC(=O)O)C(=O)N(C)C(C)C1CC1. The molecule has 0 saturated heterocycles. The molecule has 0 aliphatic heterocycles. The summed E-state index contributed by atoms with van der Waals surface area (Å²) in [5.74, 6) is -0.444. The van der Waals surface area contributed by atoms with Crippen LogP contribution in [0.5, 0.6) is 0 Å². The average molecular weight is 258 g/mol. The van der Waals surface area contributed by atoms with Crippen molar-refractivity contribution in [3.63, 3.8) is 0 Å². The van der Waals surface area contributed by atoms with Gasteiger partial charge in [0.2, 0.25) is 0 Å². The number of carboxylic acid groups (broad SMARTS) is 1. The van der Waals surface area contributed by atoms with Crippen LogP contribution in [0.15, 0.2) is 0 Å². The second-order valence-electron chi connectivity index (χ2n) is 4.78. The van der Waals surface area contributed by atoms with Crippen molar-refractivity contribution in [2.24, 2.45) is 5.92 Å². The number of urea groups is 1. The van der Waals surface area contributed by atoms with E-state index in [1.54, 1.807) is 11.9 Å². The molecule has 0 bridgehead atoms. The van der Waals surface area contributed by atoms with Crippen LogP contribution in [0.1, 0.15) is 19.8 Å². The van der Waals surface area contributed by atoms with Crippen LogP contribution in [0.4, 0.5) is 4.79 Å². The van der Waals surface area contributed by atoms with Gasteiger partial charge in [0, 0.05) is 26.7 Å². The summed E-state index contributed by atoms with van der Waals surface area (Å²) in [6.07, 6.45) is 2.30. The van der Waals surface area contributed by atoms with Crippen molar-refractivity contribution in [1.82, 2.24) is 9.80 Å². The molecule has 0 aromatic carbocycles. The van der Waals surface area contributed by atoms with Crippen LogP contribution in [0.25, 0.3) is 0 Å². The van der Waals surface area contributed by atoms with Crippen LogP contribution in [0.2, 0.25) is 0 Å². The smallest absolute Gasteiger partial charge is 0.323 e. The lowest BCUT2D eigenvalue weighted by Gasteiger charge is -2.31. The number of methoxy groups -OCH3 is 1. The Hall–Kier alpha value is -1.30. The lowest BCUT2D eigenvalue weighted by Crippen LogP contribution is -2.48. The van der Waals surface area contributed by atoms with Gasteiger partial charge in [-0.3, -0.25) is 4.79 Å². The van der Waals surface area contributed by atoms with Gasteiger partial charge < -0.3 is 19.6 Å². The van der Waals surface area contributed by atoms with Crippen molar-refractivity contribution >= 4 is 12.0 Å². The number of carbonyl (C=O) groups is 2. The third-order valence-electron chi connectivity index (χ3n) is 3.38. The summed E-state index contributed by atoms with van der Waals surface area (Å²) in [5, 5.41) is 8.82. The van der Waals surface area contributed by atoms with E-state index in [-0.39, 0.29) is 18.6 Å². The lowest BCUT2D eigenvalue weighted by atomic mass is 10.2. The fourth-order valence-corrected chi connectivity index (χ4v) is 1.90. The van der Waals surface area contributed by atoms with Crippen molar-refractivity contribution in [2.45, 2.75) is 25.8 Å². The molecule has 18 heavy (non-hydrogen) atoms. The van der Waals surface area contributed by atoms with E-state index in [9.17, 15) is 9.59 Å². The van der Waals surface area contributed by atoms with E-state index >= 15 is 0 Å². The summed E-state index contributed by atoms with van der Waals surface area (Å²) >= 11 is 0. The van der Waals surface area contributed by atoms with Gasteiger partial charge in [-0.2, -0.15) is 0 Å². The number of carboxylic acids is 1. The van der Waals surface area contributed by atoms with E-state index in [1.165, 1.54) is 12.0 Å². The predicted molar refractivity (Wildman–Crippen MR) is 66.4 cm³/mol. The molecule has 1 aliphatic carbocycles. The van der Waals surface area contributed by atoms with E-state index in [1.807, 2.05) is 6.92 Å². The Labute approximate surface area is 107 Å². The van der Waals surface area contributed by atoms with Gasteiger partial charge in [0.15, 0.2) is 0 Å². The minimum atomic E-state index is -1.01. The molecule has 1 aliphatic rings. The van der Waals surface area contributed by atoms with Crippen molar-refractivity contribution < 1.29 is 19.4 Å². The molecule has 0 radical (unpaired) electrons. The Bertz CT molecular complexity index is 304. The quantitative estimate of drug-likeness (QED) is 0.735. The summed E-state index contributed by atoms with van der Waals surface area (Å²) in [7, 11) is 3.26. The number of nitrogens with zero attached hydrogens (tertiary/aromatic N) is 2. The zero-order chi connectivity index (χ0) is 13.7. The molecule has 1 atom stereocenters. The van der Waals surface area contributed by atoms with Gasteiger partial charge in [-0.05, 0) is 25.7 Å². The molecule has 0 aromatic heterocycles. The molecule has 0 heterocycles. The first kappa shape index (κ1) is 14.8. The van der Waals surface area contributed by atoms with Crippen LogP contribution in [0.3, 0.4) is 0 Å². The summed E-state index contributed by atoms with van der Waals surface area (Å²) in [6.45, 7) is 2.35. The summed E-state index contributed by atoms with van der Waals surface area (Å²) in [5.41, 5.74) is 0. The van der Waals surface area contributed by atoms with E-state index in [2.05, 4.69) is 0 Å². The zero-order valence-electron chi connectivity index (χ0n) is 11.3. The number of carbonyl (C=O) groups excluding carboxylic acids is 1. The monoisotopic (exact) mass is 258 g/mol.